The van der Waals surface area contributed by atoms with Gasteiger partial charge in [-0.05, 0) is 36.8 Å². The minimum atomic E-state index is -0.736. The van der Waals surface area contributed by atoms with Crippen LogP contribution in [-0.4, -0.2) is 4.92 Å². The van der Waals surface area contributed by atoms with Crippen LogP contribution >= 0.6 is 0 Å². The Balaban J connectivity index is 2.48. The second kappa shape index (κ2) is 5.36. The molecule has 2 aromatic carbocycles. The van der Waals surface area contributed by atoms with Crippen molar-refractivity contribution >= 4 is 5.69 Å². The quantitative estimate of drug-likeness (QED) is 0.630. The summed E-state index contributed by atoms with van der Waals surface area (Å²) in [6.45, 7) is 1.80. The van der Waals surface area contributed by atoms with E-state index in [0.717, 1.165) is 23.8 Å². The number of ether oxygens (including phenoxy) is 1. The van der Waals surface area contributed by atoms with Gasteiger partial charge in [-0.3, -0.25) is 10.1 Å². The van der Waals surface area contributed by atoms with Crippen molar-refractivity contribution in [1.82, 2.24) is 0 Å². The van der Waals surface area contributed by atoms with E-state index in [1.807, 2.05) is 6.07 Å². The molecule has 0 spiro atoms. The molecule has 0 unspecified atom stereocenters. The molecule has 0 aliphatic rings. The van der Waals surface area contributed by atoms with Crippen molar-refractivity contribution in [3.8, 4) is 17.6 Å². The first-order valence-corrected chi connectivity index (χ1v) is 5.64. The molecule has 2 aromatic rings. The number of benzene rings is 2. The van der Waals surface area contributed by atoms with Crippen LogP contribution in [0, 0.1) is 34.2 Å². The number of nitriles is 1. The lowest BCUT2D eigenvalue weighted by atomic mass is 10.1. The van der Waals surface area contributed by atoms with Crippen LogP contribution in [-0.2, 0) is 0 Å². The van der Waals surface area contributed by atoms with Gasteiger partial charge in [0, 0.05) is 0 Å². The lowest BCUT2D eigenvalue weighted by Gasteiger charge is -2.08. The van der Waals surface area contributed by atoms with Crippen LogP contribution in [0.2, 0.25) is 0 Å². The summed E-state index contributed by atoms with van der Waals surface area (Å²) in [5.74, 6) is -0.644. The van der Waals surface area contributed by atoms with Gasteiger partial charge in [-0.2, -0.15) is 5.26 Å². The number of nitrogens with zero attached hydrogens (tertiary/aromatic N) is 2. The molecule has 5 nitrogen and oxygen atoms in total. The summed E-state index contributed by atoms with van der Waals surface area (Å²) in [4.78, 5) is 10.1. The maximum Gasteiger partial charge on any atom is 0.314 e. The zero-order valence-corrected chi connectivity index (χ0v) is 10.5. The predicted molar refractivity (Wildman–Crippen MR) is 69.0 cm³/mol. The van der Waals surface area contributed by atoms with Crippen LogP contribution in [0.3, 0.4) is 0 Å². The second-order valence-electron chi connectivity index (χ2n) is 4.08. The van der Waals surface area contributed by atoms with Gasteiger partial charge in [-0.15, -0.1) is 0 Å². The van der Waals surface area contributed by atoms with Crippen molar-refractivity contribution in [2.75, 3.05) is 0 Å². The highest BCUT2D eigenvalue weighted by atomic mass is 19.1. The summed E-state index contributed by atoms with van der Waals surface area (Å²) in [7, 11) is 0. The van der Waals surface area contributed by atoms with Gasteiger partial charge >= 0.3 is 5.69 Å². The highest BCUT2D eigenvalue weighted by Gasteiger charge is 2.18. The van der Waals surface area contributed by atoms with E-state index in [1.165, 1.54) is 0 Å². The lowest BCUT2D eigenvalue weighted by molar-refractivity contribution is -0.385. The van der Waals surface area contributed by atoms with Crippen molar-refractivity contribution in [2.24, 2.45) is 0 Å². The maximum atomic E-state index is 13.0. The van der Waals surface area contributed by atoms with Gasteiger partial charge in [0.15, 0.2) is 0 Å². The number of rotatable bonds is 3. The highest BCUT2D eigenvalue weighted by molar-refractivity contribution is 5.52. The molecule has 6 heteroatoms. The summed E-state index contributed by atoms with van der Waals surface area (Å²) >= 11 is 0. The van der Waals surface area contributed by atoms with E-state index in [0.29, 0.717) is 0 Å². The molecule has 0 aliphatic heterocycles. The van der Waals surface area contributed by atoms with E-state index in [4.69, 9.17) is 10.00 Å². The number of hydrogen-bond acceptors (Lipinski definition) is 4. The summed E-state index contributed by atoms with van der Waals surface area (Å²) in [5, 5.41) is 19.9. The smallest absolute Gasteiger partial charge is 0.314 e. The Bertz CT molecular complexity index is 723. The molecule has 20 heavy (non-hydrogen) atoms. The van der Waals surface area contributed by atoms with E-state index in [9.17, 15) is 14.5 Å². The minimum Gasteiger partial charge on any atom is -0.449 e. The Morgan fingerprint density at radius 2 is 2.00 bits per heavy atom. The Kier molecular flexibility index (Phi) is 3.62. The molecule has 0 atom stereocenters. The third-order valence-corrected chi connectivity index (χ3v) is 2.60. The first-order chi connectivity index (χ1) is 9.51. The molecule has 0 amide bonds. The molecule has 0 saturated heterocycles. The zero-order valence-electron chi connectivity index (χ0n) is 10.5. The number of nitro groups is 1. The molecule has 0 aromatic heterocycles. The molecule has 100 valence electrons. The van der Waals surface area contributed by atoms with E-state index < -0.39 is 16.4 Å². The molecule has 0 N–H and O–H groups in total. The third-order valence-electron chi connectivity index (χ3n) is 2.60. The van der Waals surface area contributed by atoms with Gasteiger partial charge in [0.1, 0.15) is 17.6 Å². The molecule has 0 heterocycles. The Labute approximate surface area is 114 Å². The molecular formula is C14H9FN2O3. The molecule has 0 radical (unpaired) electrons. The lowest BCUT2D eigenvalue weighted by Crippen LogP contribution is -1.96. The first-order valence-electron chi connectivity index (χ1n) is 5.64. The van der Waals surface area contributed by atoms with Crippen LogP contribution in [0.1, 0.15) is 11.1 Å². The van der Waals surface area contributed by atoms with Crippen molar-refractivity contribution in [3.63, 3.8) is 0 Å². The predicted octanol–water partition coefficient (Wildman–Crippen LogP) is 3.71. The fourth-order valence-corrected chi connectivity index (χ4v) is 1.64. The van der Waals surface area contributed by atoms with E-state index in [-0.39, 0.29) is 17.1 Å². The van der Waals surface area contributed by atoms with E-state index in [1.54, 1.807) is 25.1 Å². The van der Waals surface area contributed by atoms with Crippen molar-refractivity contribution < 1.29 is 14.1 Å². The molecule has 2 rings (SSSR count). The molecule has 0 fully saturated rings. The van der Waals surface area contributed by atoms with E-state index >= 15 is 0 Å². The van der Waals surface area contributed by atoms with Crippen molar-refractivity contribution in [2.45, 2.75) is 6.92 Å². The third kappa shape index (κ3) is 2.72. The fourth-order valence-electron chi connectivity index (χ4n) is 1.64. The Hall–Kier alpha value is -2.94. The number of aryl methyl sites for hydroxylation is 1. The Morgan fingerprint density at radius 1 is 1.25 bits per heavy atom. The molecular weight excluding hydrogens is 263 g/mol. The maximum absolute atomic E-state index is 13.0. The first kappa shape index (κ1) is 13.5. The summed E-state index contributed by atoms with van der Waals surface area (Å²) in [6.07, 6.45) is 0. The van der Waals surface area contributed by atoms with Gasteiger partial charge in [0.2, 0.25) is 5.75 Å². The van der Waals surface area contributed by atoms with Crippen LogP contribution < -0.4 is 4.74 Å². The number of hydrogen-bond donors (Lipinski definition) is 0. The van der Waals surface area contributed by atoms with Gasteiger partial charge in [0.05, 0.1) is 16.6 Å². The standard InChI is InChI=1S/C14H9FN2O3/c1-9-2-3-10(8-16)14(6-9)20-13-5-4-11(15)7-12(13)17(18)19/h2-7H,1H3. The number of halogens is 1. The second-order valence-corrected chi connectivity index (χ2v) is 4.08. The van der Waals surface area contributed by atoms with Crippen molar-refractivity contribution in [3.05, 3.63) is 63.5 Å². The van der Waals surface area contributed by atoms with Crippen LogP contribution in [0.25, 0.3) is 0 Å². The molecule has 0 aliphatic carbocycles. The van der Waals surface area contributed by atoms with Crippen LogP contribution in [0.15, 0.2) is 36.4 Å². The van der Waals surface area contributed by atoms with Crippen LogP contribution in [0.4, 0.5) is 10.1 Å². The largest absolute Gasteiger partial charge is 0.449 e. The fraction of sp³-hybridized carbons (Fsp3) is 0.0714. The minimum absolute atomic E-state index is 0.112. The highest BCUT2D eigenvalue weighted by Crippen LogP contribution is 2.33. The summed E-state index contributed by atoms with van der Waals surface area (Å²) in [6, 6.07) is 9.80. The van der Waals surface area contributed by atoms with Gasteiger partial charge < -0.3 is 4.74 Å². The summed E-state index contributed by atoms with van der Waals surface area (Å²) < 4.78 is 18.4. The summed E-state index contributed by atoms with van der Waals surface area (Å²) in [5.41, 5.74) is 0.591. The molecule has 0 saturated carbocycles. The normalized spacial score (nSPS) is 9.85. The Morgan fingerprint density at radius 3 is 2.65 bits per heavy atom. The van der Waals surface area contributed by atoms with Gasteiger partial charge in [0.25, 0.3) is 0 Å². The monoisotopic (exact) mass is 272 g/mol. The average molecular weight is 272 g/mol. The van der Waals surface area contributed by atoms with Crippen LogP contribution in [0.5, 0.6) is 11.5 Å². The van der Waals surface area contributed by atoms with E-state index in [2.05, 4.69) is 0 Å². The number of nitro benzene ring substituents is 1. The molecule has 0 bridgehead atoms. The SMILES string of the molecule is Cc1ccc(C#N)c(Oc2ccc(F)cc2[N+](=O)[O-])c1. The topological polar surface area (TPSA) is 76.2 Å². The van der Waals surface area contributed by atoms with Crippen molar-refractivity contribution in [1.29, 1.82) is 5.26 Å². The van der Waals surface area contributed by atoms with Gasteiger partial charge in [-0.25, -0.2) is 4.39 Å². The van der Waals surface area contributed by atoms with Gasteiger partial charge in [-0.1, -0.05) is 6.07 Å². The average Bonchev–Trinajstić information content (AvgIpc) is 2.41. The zero-order chi connectivity index (χ0) is 14.7.